The summed E-state index contributed by atoms with van der Waals surface area (Å²) >= 11 is 0. The third-order valence-electron chi connectivity index (χ3n) is 14.9. The van der Waals surface area contributed by atoms with Crippen LogP contribution < -0.4 is 62.4 Å². The number of fused-ring (bicyclic) bond motifs is 6. The average molecular weight is 988 g/mol. The zero-order valence-electron chi connectivity index (χ0n) is 39.9. The molecule has 0 spiro atoms. The first-order chi connectivity index (χ1) is 35.2. The summed E-state index contributed by atoms with van der Waals surface area (Å²) < 4.78 is 49.0. The van der Waals surface area contributed by atoms with Crippen LogP contribution in [0.5, 0.6) is 0 Å². The van der Waals surface area contributed by atoms with E-state index in [0.717, 1.165) is 116 Å². The van der Waals surface area contributed by atoms with Gasteiger partial charge in [0.2, 0.25) is 0 Å². The molecule has 0 radical (unpaired) electrons. The minimum absolute atomic E-state index is 0.757. The number of anilines is 9. The third-order valence-corrected chi connectivity index (χ3v) is 24.3. The summed E-state index contributed by atoms with van der Waals surface area (Å²) in [5.74, 6) is 0. The first-order valence-electron chi connectivity index (χ1n) is 24.3. The van der Waals surface area contributed by atoms with E-state index in [1.165, 1.54) is 0 Å². The number of para-hydroxylation sites is 6. The topological polar surface area (TPSA) is 60.9 Å². The molecule has 72 heavy (non-hydrogen) atoms. The van der Waals surface area contributed by atoms with Crippen molar-refractivity contribution < 1.29 is 13.7 Å². The number of benzene rings is 10. The zero-order chi connectivity index (χ0) is 48.9. The molecule has 0 fully saturated rings. The van der Waals surface area contributed by atoms with E-state index in [4.69, 9.17) is 0 Å². The molecule has 3 aliphatic rings. The van der Waals surface area contributed by atoms with Crippen molar-refractivity contribution in [1.82, 2.24) is 0 Å². The van der Waals surface area contributed by atoms with Gasteiger partial charge >= 0.3 is 0 Å². The van der Waals surface area contributed by atoms with Crippen molar-refractivity contribution in [2.75, 3.05) is 14.7 Å². The lowest BCUT2D eigenvalue weighted by atomic mass is 9.93. The van der Waals surface area contributed by atoms with E-state index in [1.807, 2.05) is 200 Å². The number of hydrogen-bond acceptors (Lipinski definition) is 6. The summed E-state index contributed by atoms with van der Waals surface area (Å²) in [5, 5.41) is 6.87. The molecule has 0 aromatic heterocycles. The van der Waals surface area contributed by atoms with Crippen LogP contribution in [0.25, 0.3) is 0 Å². The van der Waals surface area contributed by atoms with E-state index < -0.39 is 21.4 Å². The molecular formula is C63H48N3O3P3. The molecule has 10 aromatic rings. The van der Waals surface area contributed by atoms with Gasteiger partial charge in [-0.1, -0.05) is 164 Å². The number of rotatable bonds is 6. The molecule has 0 saturated heterocycles. The van der Waals surface area contributed by atoms with Crippen molar-refractivity contribution in [2.45, 2.75) is 20.8 Å². The molecular weight excluding hydrogens is 940 g/mol. The Morgan fingerprint density at radius 2 is 0.403 bits per heavy atom. The standard InChI is InChI=1S/C63H48N3O3P3/c1-43-61(64-49-31-13-19-37-55(49)70(67,46-25-7-4-8-26-46)56-38-20-14-32-50(56)64)44(2)63(66-53-35-17-23-41-59(53)72(69,48-29-11-6-12-30-48)60-42-24-18-36-54(60)66)45(3)62(43)65-51-33-15-21-39-57(51)71(68,47-27-9-5-10-28-47)58-40-22-16-34-52(58)65/h4-42H,1-3H3. The van der Waals surface area contributed by atoms with Crippen molar-refractivity contribution in [2.24, 2.45) is 0 Å². The van der Waals surface area contributed by atoms with Crippen LogP contribution in [0, 0.1) is 20.8 Å². The fraction of sp³-hybridized carbons (Fsp3) is 0.0476. The number of nitrogens with zero attached hydrogens (tertiary/aromatic N) is 3. The average Bonchev–Trinajstić information content (AvgIpc) is 3.44. The largest absolute Gasteiger partial charge is 0.308 e. The van der Waals surface area contributed by atoms with Crippen molar-refractivity contribution in [3.05, 3.63) is 253 Å². The maximum absolute atomic E-state index is 16.3. The van der Waals surface area contributed by atoms with Crippen molar-refractivity contribution in [3.8, 4) is 0 Å². The summed E-state index contributed by atoms with van der Waals surface area (Å²) in [6.45, 7) is 6.59. The smallest absolute Gasteiger partial charge is 0.175 e. The molecule has 0 bridgehead atoms. The Morgan fingerprint density at radius 3 is 0.597 bits per heavy atom. The highest BCUT2D eigenvalue weighted by Crippen LogP contribution is 2.62. The van der Waals surface area contributed by atoms with Crippen molar-refractivity contribution in [3.63, 3.8) is 0 Å². The highest BCUT2D eigenvalue weighted by Gasteiger charge is 2.47. The fourth-order valence-corrected chi connectivity index (χ4v) is 20.9. The molecule has 0 unspecified atom stereocenters. The van der Waals surface area contributed by atoms with Crippen LogP contribution in [-0.2, 0) is 13.7 Å². The van der Waals surface area contributed by atoms with Gasteiger partial charge in [0, 0.05) is 47.7 Å². The minimum atomic E-state index is -3.41. The zero-order valence-corrected chi connectivity index (χ0v) is 42.6. The van der Waals surface area contributed by atoms with Crippen molar-refractivity contribution in [1.29, 1.82) is 0 Å². The molecule has 0 amide bonds. The van der Waals surface area contributed by atoms with E-state index in [0.29, 0.717) is 0 Å². The summed E-state index contributed by atoms with van der Waals surface area (Å²) in [6.07, 6.45) is 0. The SMILES string of the molecule is Cc1c(N2c3ccccc3P(=O)(c3ccccc3)c3ccccc32)c(C)c(N2c3ccccc3P(=O)(c3ccccc3)c3ccccc32)c(C)c1N1c2ccccc2P(=O)(c2ccccc2)c2ccccc21. The summed E-state index contributed by atoms with van der Waals surface area (Å²) in [5.41, 5.74) is 10.7. The second-order valence-corrected chi connectivity index (χ2v) is 26.8. The first kappa shape index (κ1) is 44.2. The van der Waals surface area contributed by atoms with Gasteiger partial charge in [-0.15, -0.1) is 0 Å². The quantitative estimate of drug-likeness (QED) is 0.155. The molecule has 10 aromatic carbocycles. The Bertz CT molecular complexity index is 3410. The van der Waals surface area contributed by atoms with E-state index in [2.05, 4.69) is 71.9 Å². The Hall–Kier alpha value is -7.71. The van der Waals surface area contributed by atoms with Crippen LogP contribution in [0.4, 0.5) is 51.2 Å². The second kappa shape index (κ2) is 16.7. The van der Waals surface area contributed by atoms with E-state index in [1.54, 1.807) is 0 Å². The molecule has 9 heteroatoms. The van der Waals surface area contributed by atoms with Gasteiger partial charge in [0.15, 0.2) is 21.4 Å². The van der Waals surface area contributed by atoms with Crippen LogP contribution in [-0.4, -0.2) is 0 Å². The van der Waals surface area contributed by atoms with Gasteiger partial charge in [-0.05, 0) is 110 Å². The second-order valence-electron chi connectivity index (χ2n) is 18.7. The highest BCUT2D eigenvalue weighted by atomic mass is 31.2. The summed E-state index contributed by atoms with van der Waals surface area (Å²) in [6, 6.07) is 78.6. The van der Waals surface area contributed by atoms with Crippen LogP contribution in [0.15, 0.2) is 237 Å². The predicted molar refractivity (Wildman–Crippen MR) is 304 cm³/mol. The Balaban J connectivity index is 1.17. The molecule has 0 N–H and O–H groups in total. The molecule has 0 aliphatic carbocycles. The van der Waals surface area contributed by atoms with Gasteiger partial charge in [0.05, 0.1) is 51.2 Å². The van der Waals surface area contributed by atoms with E-state index in [-0.39, 0.29) is 0 Å². The molecule has 3 aliphatic heterocycles. The van der Waals surface area contributed by atoms with Crippen LogP contribution in [0.1, 0.15) is 16.7 Å². The van der Waals surface area contributed by atoms with Gasteiger partial charge in [-0.2, -0.15) is 0 Å². The lowest BCUT2D eigenvalue weighted by Crippen LogP contribution is -2.39. The van der Waals surface area contributed by atoms with Gasteiger partial charge in [-0.3, -0.25) is 0 Å². The monoisotopic (exact) mass is 987 g/mol. The molecule has 348 valence electrons. The highest BCUT2D eigenvalue weighted by molar-refractivity contribution is 7.87. The van der Waals surface area contributed by atoms with E-state index in [9.17, 15) is 0 Å². The van der Waals surface area contributed by atoms with E-state index >= 15 is 13.7 Å². The first-order valence-corrected chi connectivity index (χ1v) is 29.4. The van der Waals surface area contributed by atoms with Crippen LogP contribution in [0.3, 0.4) is 0 Å². The fourth-order valence-electron chi connectivity index (χ4n) is 12.0. The normalized spacial score (nSPS) is 15.3. The van der Waals surface area contributed by atoms with Crippen molar-refractivity contribution >= 4 is 120 Å². The maximum atomic E-state index is 16.3. The minimum Gasteiger partial charge on any atom is -0.308 e. The lowest BCUT2D eigenvalue weighted by molar-refractivity contribution is 0.591. The molecule has 0 saturated carbocycles. The van der Waals surface area contributed by atoms with Gasteiger partial charge < -0.3 is 28.4 Å². The van der Waals surface area contributed by atoms with Crippen LogP contribution in [0.2, 0.25) is 0 Å². The lowest BCUT2D eigenvalue weighted by Gasteiger charge is -2.44. The van der Waals surface area contributed by atoms with Crippen LogP contribution >= 0.6 is 21.4 Å². The summed E-state index contributed by atoms with van der Waals surface area (Å²) in [4.78, 5) is 6.98. The molecule has 0 atom stereocenters. The maximum Gasteiger partial charge on any atom is 0.175 e. The summed E-state index contributed by atoms with van der Waals surface area (Å²) in [7, 11) is -10.2. The van der Waals surface area contributed by atoms with Gasteiger partial charge in [-0.25, -0.2) is 0 Å². The third kappa shape index (κ3) is 6.07. The Morgan fingerprint density at radius 1 is 0.236 bits per heavy atom. The molecule has 3 heterocycles. The molecule has 13 rings (SSSR count). The van der Waals surface area contributed by atoms with Gasteiger partial charge in [0.1, 0.15) is 0 Å². The Kier molecular flexibility index (Phi) is 10.3. The predicted octanol–water partition coefficient (Wildman–Crippen LogP) is 12.9. The Labute approximate surface area is 420 Å². The molecule has 6 nitrogen and oxygen atoms in total. The number of hydrogen-bond donors (Lipinski definition) is 0. The van der Waals surface area contributed by atoms with Gasteiger partial charge in [0.25, 0.3) is 0 Å².